The van der Waals surface area contributed by atoms with Crippen LogP contribution in [0.1, 0.15) is 11.4 Å². The lowest BCUT2D eigenvalue weighted by molar-refractivity contribution is 1.04. The molecule has 5 nitrogen and oxygen atoms in total. The molecule has 3 heterocycles. The van der Waals surface area contributed by atoms with Crippen LogP contribution in [-0.4, -0.2) is 19.4 Å². The van der Waals surface area contributed by atoms with Gasteiger partial charge >= 0.3 is 0 Å². The van der Waals surface area contributed by atoms with E-state index in [0.29, 0.717) is 11.5 Å². The van der Waals surface area contributed by atoms with Crippen LogP contribution in [-0.2, 0) is 0 Å². The van der Waals surface area contributed by atoms with Crippen molar-refractivity contribution < 1.29 is 0 Å². The Labute approximate surface area is 104 Å². The second-order valence-electron chi connectivity index (χ2n) is 4.19. The van der Waals surface area contributed by atoms with Gasteiger partial charge in [-0.15, -0.1) is 0 Å². The van der Waals surface area contributed by atoms with Gasteiger partial charge in [0.2, 0.25) is 0 Å². The van der Waals surface area contributed by atoms with Crippen LogP contribution in [0.2, 0.25) is 0 Å². The molecular weight excluding hydrogens is 226 g/mol. The Hall–Kier alpha value is -2.43. The molecule has 0 radical (unpaired) electrons. The largest absolute Gasteiger partial charge is 0.382 e. The molecule has 3 aromatic heterocycles. The molecule has 0 aromatic carbocycles. The summed E-state index contributed by atoms with van der Waals surface area (Å²) in [5, 5.41) is 0. The molecule has 0 fully saturated rings. The fourth-order valence-corrected chi connectivity index (χ4v) is 1.95. The number of nitrogens with zero attached hydrogens (tertiary/aromatic N) is 4. The highest BCUT2D eigenvalue weighted by molar-refractivity contribution is 5.69. The summed E-state index contributed by atoms with van der Waals surface area (Å²) in [4.78, 5) is 13.1. The van der Waals surface area contributed by atoms with Crippen molar-refractivity contribution in [3.8, 4) is 11.4 Å². The molecule has 0 atom stereocenters. The third kappa shape index (κ3) is 1.52. The van der Waals surface area contributed by atoms with E-state index in [1.54, 1.807) is 6.20 Å². The molecule has 3 rings (SSSR count). The quantitative estimate of drug-likeness (QED) is 0.705. The highest BCUT2D eigenvalue weighted by Crippen LogP contribution is 2.23. The number of aryl methyl sites for hydroxylation is 2. The smallest absolute Gasteiger partial charge is 0.151 e. The Kier molecular flexibility index (Phi) is 2.26. The zero-order valence-electron chi connectivity index (χ0n) is 10.3. The molecule has 5 heteroatoms. The summed E-state index contributed by atoms with van der Waals surface area (Å²) >= 11 is 0. The van der Waals surface area contributed by atoms with Crippen molar-refractivity contribution in [1.82, 2.24) is 19.4 Å². The van der Waals surface area contributed by atoms with Crippen LogP contribution in [0.15, 0.2) is 30.6 Å². The van der Waals surface area contributed by atoms with Gasteiger partial charge in [0.05, 0.1) is 17.1 Å². The van der Waals surface area contributed by atoms with Crippen molar-refractivity contribution in [3.63, 3.8) is 0 Å². The first-order valence-corrected chi connectivity index (χ1v) is 5.70. The SMILES string of the molecule is Cc1nc(N)c(-c2cccc3nccn23)nc1C. The topological polar surface area (TPSA) is 69.1 Å². The second kappa shape index (κ2) is 3.80. The van der Waals surface area contributed by atoms with E-state index in [4.69, 9.17) is 5.73 Å². The fraction of sp³-hybridized carbons (Fsp3) is 0.154. The molecule has 0 aliphatic carbocycles. The van der Waals surface area contributed by atoms with E-state index in [9.17, 15) is 0 Å². The minimum atomic E-state index is 0.444. The van der Waals surface area contributed by atoms with Gasteiger partial charge in [-0.2, -0.15) is 0 Å². The summed E-state index contributed by atoms with van der Waals surface area (Å²) in [6, 6.07) is 5.84. The maximum atomic E-state index is 5.97. The molecular formula is C13H13N5. The number of hydrogen-bond donors (Lipinski definition) is 1. The van der Waals surface area contributed by atoms with Gasteiger partial charge in [-0.1, -0.05) is 6.07 Å². The molecule has 0 saturated carbocycles. The van der Waals surface area contributed by atoms with Gasteiger partial charge in [-0.05, 0) is 26.0 Å². The maximum absolute atomic E-state index is 5.97. The maximum Gasteiger partial charge on any atom is 0.151 e. The van der Waals surface area contributed by atoms with Crippen molar-refractivity contribution in [2.24, 2.45) is 0 Å². The van der Waals surface area contributed by atoms with Crippen LogP contribution < -0.4 is 5.73 Å². The van der Waals surface area contributed by atoms with E-state index < -0.39 is 0 Å². The number of imidazole rings is 1. The lowest BCUT2D eigenvalue weighted by Gasteiger charge is -2.09. The van der Waals surface area contributed by atoms with Crippen LogP contribution in [0, 0.1) is 13.8 Å². The number of hydrogen-bond acceptors (Lipinski definition) is 4. The first-order valence-electron chi connectivity index (χ1n) is 5.70. The van der Waals surface area contributed by atoms with E-state index in [0.717, 1.165) is 22.7 Å². The Morgan fingerprint density at radius 3 is 2.72 bits per heavy atom. The van der Waals surface area contributed by atoms with Gasteiger partial charge in [0.1, 0.15) is 11.3 Å². The molecule has 0 unspecified atom stereocenters. The zero-order chi connectivity index (χ0) is 12.7. The number of pyridine rings is 1. The Balaban J connectivity index is 2.32. The van der Waals surface area contributed by atoms with E-state index in [1.165, 1.54) is 0 Å². The van der Waals surface area contributed by atoms with E-state index >= 15 is 0 Å². The molecule has 2 N–H and O–H groups in total. The van der Waals surface area contributed by atoms with Crippen LogP contribution in [0.5, 0.6) is 0 Å². The summed E-state index contributed by atoms with van der Waals surface area (Å²) in [5.41, 5.74) is 10.2. The van der Waals surface area contributed by atoms with Crippen molar-refractivity contribution in [1.29, 1.82) is 0 Å². The average Bonchev–Trinajstić information content (AvgIpc) is 2.82. The number of anilines is 1. The number of fused-ring (bicyclic) bond motifs is 1. The Morgan fingerprint density at radius 2 is 1.89 bits per heavy atom. The lowest BCUT2D eigenvalue weighted by atomic mass is 10.2. The van der Waals surface area contributed by atoms with Gasteiger partial charge < -0.3 is 5.73 Å². The average molecular weight is 239 g/mol. The lowest BCUT2D eigenvalue weighted by Crippen LogP contribution is -2.04. The first kappa shape index (κ1) is 10.7. The Bertz CT molecular complexity index is 729. The van der Waals surface area contributed by atoms with Crippen molar-refractivity contribution in [3.05, 3.63) is 42.0 Å². The first-order chi connectivity index (χ1) is 8.66. The summed E-state index contributed by atoms with van der Waals surface area (Å²) in [6.45, 7) is 3.83. The van der Waals surface area contributed by atoms with Gasteiger partial charge in [-0.25, -0.2) is 15.0 Å². The normalized spacial score (nSPS) is 11.0. The predicted molar refractivity (Wildman–Crippen MR) is 70.1 cm³/mol. The molecule has 3 aromatic rings. The summed E-state index contributed by atoms with van der Waals surface area (Å²) in [6.07, 6.45) is 3.64. The highest BCUT2D eigenvalue weighted by atomic mass is 15.0. The fourth-order valence-electron chi connectivity index (χ4n) is 1.95. The van der Waals surface area contributed by atoms with Crippen LogP contribution in [0.4, 0.5) is 5.82 Å². The van der Waals surface area contributed by atoms with Gasteiger partial charge in [-0.3, -0.25) is 4.40 Å². The predicted octanol–water partition coefficient (Wildman–Crippen LogP) is 1.99. The number of nitrogen functional groups attached to an aromatic ring is 1. The molecule has 0 aliphatic heterocycles. The third-order valence-corrected chi connectivity index (χ3v) is 3.00. The zero-order valence-corrected chi connectivity index (χ0v) is 10.3. The van der Waals surface area contributed by atoms with Crippen molar-refractivity contribution >= 4 is 11.5 Å². The van der Waals surface area contributed by atoms with Crippen LogP contribution in [0.3, 0.4) is 0 Å². The van der Waals surface area contributed by atoms with Gasteiger partial charge in [0.25, 0.3) is 0 Å². The molecule has 0 aliphatic rings. The molecule has 0 spiro atoms. The molecule has 0 amide bonds. The van der Waals surface area contributed by atoms with Crippen LogP contribution in [0.25, 0.3) is 17.0 Å². The summed E-state index contributed by atoms with van der Waals surface area (Å²) in [5.74, 6) is 0.444. The van der Waals surface area contributed by atoms with E-state index in [2.05, 4.69) is 15.0 Å². The van der Waals surface area contributed by atoms with E-state index in [1.807, 2.05) is 42.6 Å². The standard InChI is InChI=1S/C13H13N5/c1-8-9(2)17-13(14)12(16-8)10-4-3-5-11-15-6-7-18(10)11/h3-7H,1-2H3,(H2,14,17). The van der Waals surface area contributed by atoms with Gasteiger partial charge in [0.15, 0.2) is 5.82 Å². The van der Waals surface area contributed by atoms with Gasteiger partial charge in [0, 0.05) is 12.4 Å². The highest BCUT2D eigenvalue weighted by Gasteiger charge is 2.11. The summed E-state index contributed by atoms with van der Waals surface area (Å²) in [7, 11) is 0. The molecule has 0 bridgehead atoms. The number of rotatable bonds is 1. The number of nitrogens with two attached hydrogens (primary N) is 1. The second-order valence-corrected chi connectivity index (χ2v) is 4.19. The summed E-state index contributed by atoms with van der Waals surface area (Å²) < 4.78 is 1.95. The monoisotopic (exact) mass is 239 g/mol. The van der Waals surface area contributed by atoms with Crippen molar-refractivity contribution in [2.75, 3.05) is 5.73 Å². The van der Waals surface area contributed by atoms with Crippen molar-refractivity contribution in [2.45, 2.75) is 13.8 Å². The number of aromatic nitrogens is 4. The third-order valence-electron chi connectivity index (χ3n) is 3.00. The van der Waals surface area contributed by atoms with Crippen LogP contribution >= 0.6 is 0 Å². The minimum Gasteiger partial charge on any atom is -0.382 e. The molecule has 18 heavy (non-hydrogen) atoms. The molecule has 90 valence electrons. The van der Waals surface area contributed by atoms with E-state index in [-0.39, 0.29) is 0 Å². The molecule has 0 saturated heterocycles. The minimum absolute atomic E-state index is 0.444. The Morgan fingerprint density at radius 1 is 1.11 bits per heavy atom.